The molecule has 1 fully saturated rings. The van der Waals surface area contributed by atoms with E-state index in [2.05, 4.69) is 20.3 Å². The molecule has 0 saturated carbocycles. The molecule has 0 unspecified atom stereocenters. The molecular formula is C18H19N5O6. The predicted octanol–water partition coefficient (Wildman–Crippen LogP) is -0.545. The van der Waals surface area contributed by atoms with Gasteiger partial charge < -0.3 is 30.1 Å². The number of aromatic nitrogens is 4. The van der Waals surface area contributed by atoms with Gasteiger partial charge in [-0.1, -0.05) is 18.2 Å². The molecule has 11 nitrogen and oxygen atoms in total. The zero-order chi connectivity index (χ0) is 20.4. The number of nitrogens with zero attached hydrogens (tertiary/aromatic N) is 4. The zero-order valence-electron chi connectivity index (χ0n) is 15.1. The van der Waals surface area contributed by atoms with Crippen molar-refractivity contribution in [2.45, 2.75) is 24.5 Å². The first-order chi connectivity index (χ1) is 14.1. The maximum Gasteiger partial charge on any atom is 0.263 e. The topological polar surface area (TPSA) is 152 Å². The lowest BCUT2D eigenvalue weighted by Gasteiger charge is -2.16. The maximum absolute atomic E-state index is 12.2. The molecule has 11 heteroatoms. The summed E-state index contributed by atoms with van der Waals surface area (Å²) < 4.78 is 12.3. The van der Waals surface area contributed by atoms with Crippen molar-refractivity contribution in [3.05, 3.63) is 43.0 Å². The summed E-state index contributed by atoms with van der Waals surface area (Å²) in [6.45, 7) is -0.663. The average Bonchev–Trinajstić information content (AvgIpc) is 3.29. The first-order valence-corrected chi connectivity index (χ1v) is 8.86. The molecule has 0 spiro atoms. The van der Waals surface area contributed by atoms with Crippen LogP contribution >= 0.6 is 0 Å². The summed E-state index contributed by atoms with van der Waals surface area (Å²) in [6.07, 6.45) is -1.86. The molecule has 1 aliphatic rings. The number of carbonyl (C=O) groups is 1. The van der Waals surface area contributed by atoms with Crippen molar-refractivity contribution in [3.63, 3.8) is 0 Å². The number of hydrogen-bond acceptors (Lipinski definition) is 9. The van der Waals surface area contributed by atoms with Gasteiger partial charge in [-0.25, -0.2) is 15.0 Å². The van der Waals surface area contributed by atoms with Crippen molar-refractivity contribution >= 4 is 22.9 Å². The number of rotatable bonds is 6. The Morgan fingerprint density at radius 2 is 1.97 bits per heavy atom. The summed E-state index contributed by atoms with van der Waals surface area (Å²) in [5.41, 5.74) is 0.562. The summed E-state index contributed by atoms with van der Waals surface area (Å²) in [6, 6.07) is 8.91. The van der Waals surface area contributed by atoms with E-state index in [0.717, 1.165) is 0 Å². The van der Waals surface area contributed by atoms with Gasteiger partial charge in [-0.3, -0.25) is 9.36 Å². The van der Waals surface area contributed by atoms with E-state index in [9.17, 15) is 20.1 Å². The molecule has 4 atom stereocenters. The second-order valence-corrected chi connectivity index (χ2v) is 6.43. The molecule has 1 aromatic carbocycles. The van der Waals surface area contributed by atoms with Gasteiger partial charge in [0.25, 0.3) is 5.91 Å². The summed E-state index contributed by atoms with van der Waals surface area (Å²) in [5, 5.41) is 32.0. The molecule has 3 heterocycles. The first-order valence-electron chi connectivity index (χ1n) is 8.86. The summed E-state index contributed by atoms with van der Waals surface area (Å²) >= 11 is 0. The van der Waals surface area contributed by atoms with Crippen molar-refractivity contribution < 1.29 is 29.6 Å². The zero-order valence-corrected chi connectivity index (χ0v) is 15.1. The molecule has 4 N–H and O–H groups in total. The maximum atomic E-state index is 12.2. The van der Waals surface area contributed by atoms with Gasteiger partial charge in [0, 0.05) is 0 Å². The number of aliphatic hydroxyl groups excluding tert-OH is 3. The van der Waals surface area contributed by atoms with Gasteiger partial charge in [0.2, 0.25) is 0 Å². The summed E-state index contributed by atoms with van der Waals surface area (Å²) in [4.78, 5) is 24.6. The van der Waals surface area contributed by atoms with Crippen LogP contribution in [0.5, 0.6) is 5.75 Å². The van der Waals surface area contributed by atoms with Crippen molar-refractivity contribution in [2.75, 3.05) is 18.5 Å². The number of para-hydroxylation sites is 1. The van der Waals surface area contributed by atoms with Crippen LogP contribution in [0.15, 0.2) is 43.0 Å². The molecule has 4 rings (SSSR count). The Hall–Kier alpha value is -3.12. The summed E-state index contributed by atoms with van der Waals surface area (Å²) in [5.74, 6) is 0.294. The molecule has 2 aromatic heterocycles. The highest BCUT2D eigenvalue weighted by molar-refractivity contribution is 5.97. The fraction of sp³-hybridized carbons (Fsp3) is 0.333. The highest BCUT2D eigenvalue weighted by Crippen LogP contribution is 2.32. The van der Waals surface area contributed by atoms with E-state index >= 15 is 0 Å². The van der Waals surface area contributed by atoms with E-state index in [1.165, 1.54) is 17.2 Å². The standard InChI is InChI=1S/C18H19N5O6/c24-6-11-14(26)15(27)18(29-11)23-9-21-13-16(19-8-20-17(13)23)22-12(25)7-28-10-4-2-1-3-5-10/h1-5,8-9,11,14-15,18,24,26-27H,6-7H2,(H,19,20,22,25)/t11-,14+,15-,18-/m0/s1. The SMILES string of the molecule is O=C(COc1ccccc1)Nc1ncnc2c1ncn2[C@H]1O[C@@H](CO)[C@@H](O)[C@@H]1O. The highest BCUT2D eigenvalue weighted by Gasteiger charge is 2.44. The lowest BCUT2D eigenvalue weighted by atomic mass is 10.1. The van der Waals surface area contributed by atoms with E-state index < -0.39 is 37.1 Å². The van der Waals surface area contributed by atoms with Gasteiger partial charge in [0.1, 0.15) is 30.4 Å². The molecule has 1 aliphatic heterocycles. The number of fused-ring (bicyclic) bond motifs is 1. The molecule has 29 heavy (non-hydrogen) atoms. The van der Waals surface area contributed by atoms with Crippen LogP contribution in [0.4, 0.5) is 5.82 Å². The fourth-order valence-electron chi connectivity index (χ4n) is 3.07. The fourth-order valence-corrected chi connectivity index (χ4v) is 3.07. The Morgan fingerprint density at radius 3 is 2.69 bits per heavy atom. The summed E-state index contributed by atoms with van der Waals surface area (Å²) in [7, 11) is 0. The number of imidazole rings is 1. The number of aliphatic hydroxyl groups is 3. The Bertz CT molecular complexity index is 997. The Kier molecular flexibility index (Phi) is 5.36. The van der Waals surface area contributed by atoms with Gasteiger partial charge in [0.15, 0.2) is 29.8 Å². The van der Waals surface area contributed by atoms with E-state index in [1.54, 1.807) is 24.3 Å². The normalized spacial score (nSPS) is 24.0. The third-order valence-corrected chi connectivity index (χ3v) is 4.52. The van der Waals surface area contributed by atoms with E-state index in [1.807, 2.05) is 6.07 Å². The molecule has 1 amide bonds. The van der Waals surface area contributed by atoms with Gasteiger partial charge >= 0.3 is 0 Å². The minimum Gasteiger partial charge on any atom is -0.484 e. The monoisotopic (exact) mass is 401 g/mol. The quantitative estimate of drug-likeness (QED) is 0.426. The number of ether oxygens (including phenoxy) is 2. The van der Waals surface area contributed by atoms with Crippen LogP contribution in [0.25, 0.3) is 11.2 Å². The van der Waals surface area contributed by atoms with E-state index in [0.29, 0.717) is 5.75 Å². The minimum atomic E-state index is -1.28. The van der Waals surface area contributed by atoms with Crippen LogP contribution in [0.1, 0.15) is 6.23 Å². The second kappa shape index (κ2) is 8.09. The highest BCUT2D eigenvalue weighted by atomic mass is 16.6. The third kappa shape index (κ3) is 3.76. The molecule has 0 radical (unpaired) electrons. The van der Waals surface area contributed by atoms with Gasteiger partial charge in [-0.15, -0.1) is 0 Å². The number of carbonyl (C=O) groups excluding carboxylic acids is 1. The van der Waals surface area contributed by atoms with E-state index in [4.69, 9.17) is 9.47 Å². The van der Waals surface area contributed by atoms with Crippen molar-refractivity contribution in [1.29, 1.82) is 0 Å². The van der Waals surface area contributed by atoms with Crippen LogP contribution in [0, 0.1) is 0 Å². The van der Waals surface area contributed by atoms with Crippen LogP contribution in [0.3, 0.4) is 0 Å². The molecule has 3 aromatic rings. The van der Waals surface area contributed by atoms with Crippen molar-refractivity contribution in [1.82, 2.24) is 19.5 Å². The number of anilines is 1. The minimum absolute atomic E-state index is 0.169. The van der Waals surface area contributed by atoms with Crippen LogP contribution in [-0.4, -0.2) is 72.3 Å². The van der Waals surface area contributed by atoms with Gasteiger partial charge in [0.05, 0.1) is 12.9 Å². The van der Waals surface area contributed by atoms with Crippen molar-refractivity contribution in [3.8, 4) is 5.75 Å². The molecule has 152 valence electrons. The Morgan fingerprint density at radius 1 is 1.17 bits per heavy atom. The van der Waals surface area contributed by atoms with Gasteiger partial charge in [-0.05, 0) is 12.1 Å². The largest absolute Gasteiger partial charge is 0.484 e. The van der Waals surface area contributed by atoms with Crippen LogP contribution in [0.2, 0.25) is 0 Å². The lowest BCUT2D eigenvalue weighted by Crippen LogP contribution is -2.33. The first kappa shape index (κ1) is 19.2. The Balaban J connectivity index is 1.51. The van der Waals surface area contributed by atoms with Crippen molar-refractivity contribution in [2.24, 2.45) is 0 Å². The average molecular weight is 401 g/mol. The van der Waals surface area contributed by atoms with Gasteiger partial charge in [-0.2, -0.15) is 0 Å². The smallest absolute Gasteiger partial charge is 0.263 e. The molecule has 0 bridgehead atoms. The number of hydrogen-bond donors (Lipinski definition) is 4. The lowest BCUT2D eigenvalue weighted by molar-refractivity contribution is -0.118. The molecule has 0 aliphatic carbocycles. The third-order valence-electron chi connectivity index (χ3n) is 4.52. The van der Waals surface area contributed by atoms with Crippen LogP contribution < -0.4 is 10.1 Å². The number of benzene rings is 1. The molecule has 1 saturated heterocycles. The van der Waals surface area contributed by atoms with Crippen LogP contribution in [-0.2, 0) is 9.53 Å². The predicted molar refractivity (Wildman–Crippen MR) is 98.9 cm³/mol. The Labute approximate surface area is 164 Å². The number of amides is 1. The van der Waals surface area contributed by atoms with E-state index in [-0.39, 0.29) is 23.6 Å². The number of nitrogens with one attached hydrogen (secondary N) is 1. The second-order valence-electron chi connectivity index (χ2n) is 6.43. The molecular weight excluding hydrogens is 382 g/mol.